The summed E-state index contributed by atoms with van der Waals surface area (Å²) < 4.78 is 5.23. The van der Waals surface area contributed by atoms with Crippen LogP contribution < -0.4 is 5.32 Å². The van der Waals surface area contributed by atoms with Crippen LogP contribution in [0.3, 0.4) is 0 Å². The van der Waals surface area contributed by atoms with E-state index in [0.29, 0.717) is 36.9 Å². The van der Waals surface area contributed by atoms with Gasteiger partial charge in [-0.05, 0) is 43.4 Å². The molecule has 3 aromatic rings. The van der Waals surface area contributed by atoms with Gasteiger partial charge in [0.25, 0.3) is 6.47 Å². The minimum absolute atomic E-state index is 0.114. The standard InChI is InChI=1S/C18H18N6O2.CH2O2/c25-15(22-18-20-11-13-3-1-4-14(13)21-18)5-2-6-16-23-17(24-26-16)12-7-9-19-10-8-12;2-1-3/h7-11H,1-6H2,(H,20,21,22,25);1H,(H,2,3). The molecule has 29 heavy (non-hydrogen) atoms. The topological polar surface area (TPSA) is 144 Å². The van der Waals surface area contributed by atoms with E-state index in [4.69, 9.17) is 14.4 Å². The van der Waals surface area contributed by atoms with Gasteiger partial charge in [0.2, 0.25) is 23.6 Å². The number of carbonyl (C=O) groups excluding carboxylic acids is 1. The van der Waals surface area contributed by atoms with E-state index in [0.717, 1.165) is 30.5 Å². The van der Waals surface area contributed by atoms with Crippen LogP contribution in [-0.2, 0) is 28.9 Å². The number of anilines is 1. The molecule has 0 spiro atoms. The summed E-state index contributed by atoms with van der Waals surface area (Å²) in [5, 5.41) is 13.6. The van der Waals surface area contributed by atoms with Crippen molar-refractivity contribution in [3.05, 3.63) is 47.9 Å². The molecule has 1 aliphatic carbocycles. The maximum Gasteiger partial charge on any atom is 0.290 e. The summed E-state index contributed by atoms with van der Waals surface area (Å²) in [6.07, 6.45) is 9.73. The Morgan fingerprint density at radius 2 is 2.03 bits per heavy atom. The number of carbonyl (C=O) groups is 2. The van der Waals surface area contributed by atoms with Crippen LogP contribution in [0, 0.1) is 0 Å². The third-order valence-corrected chi connectivity index (χ3v) is 4.27. The van der Waals surface area contributed by atoms with E-state index in [2.05, 4.69) is 30.4 Å². The molecule has 0 radical (unpaired) electrons. The van der Waals surface area contributed by atoms with Gasteiger partial charge >= 0.3 is 0 Å². The van der Waals surface area contributed by atoms with E-state index in [9.17, 15) is 4.79 Å². The molecule has 0 fully saturated rings. The largest absolute Gasteiger partial charge is 0.483 e. The molecular weight excluding hydrogens is 376 g/mol. The molecule has 2 N–H and O–H groups in total. The summed E-state index contributed by atoms with van der Waals surface area (Å²) in [4.78, 5) is 37.3. The highest BCUT2D eigenvalue weighted by molar-refractivity contribution is 5.88. The lowest BCUT2D eigenvalue weighted by atomic mass is 10.2. The van der Waals surface area contributed by atoms with Crippen molar-refractivity contribution in [3.8, 4) is 11.4 Å². The molecule has 10 heteroatoms. The normalized spacial score (nSPS) is 11.9. The third kappa shape index (κ3) is 5.64. The smallest absolute Gasteiger partial charge is 0.290 e. The number of carboxylic acid groups (broad SMARTS) is 1. The van der Waals surface area contributed by atoms with Crippen LogP contribution in [0.4, 0.5) is 5.95 Å². The summed E-state index contributed by atoms with van der Waals surface area (Å²) in [7, 11) is 0. The predicted molar refractivity (Wildman–Crippen MR) is 102 cm³/mol. The number of amides is 1. The molecule has 3 heterocycles. The second-order valence-corrected chi connectivity index (χ2v) is 6.27. The van der Waals surface area contributed by atoms with Crippen molar-refractivity contribution in [1.82, 2.24) is 25.1 Å². The Labute approximate surface area is 166 Å². The van der Waals surface area contributed by atoms with Crippen LogP contribution in [0.15, 0.2) is 35.2 Å². The van der Waals surface area contributed by atoms with Gasteiger partial charge in [-0.1, -0.05) is 5.16 Å². The molecule has 3 aromatic heterocycles. The fourth-order valence-corrected chi connectivity index (χ4v) is 2.94. The fourth-order valence-electron chi connectivity index (χ4n) is 2.94. The van der Waals surface area contributed by atoms with E-state index in [1.807, 2.05) is 18.3 Å². The minimum Gasteiger partial charge on any atom is -0.483 e. The van der Waals surface area contributed by atoms with E-state index < -0.39 is 0 Å². The van der Waals surface area contributed by atoms with Gasteiger partial charge in [-0.3, -0.25) is 19.9 Å². The molecule has 4 rings (SSSR count). The van der Waals surface area contributed by atoms with E-state index >= 15 is 0 Å². The molecule has 0 saturated heterocycles. The summed E-state index contributed by atoms with van der Waals surface area (Å²) in [6.45, 7) is -0.250. The Morgan fingerprint density at radius 3 is 2.83 bits per heavy atom. The van der Waals surface area contributed by atoms with Gasteiger partial charge in [-0.25, -0.2) is 9.97 Å². The van der Waals surface area contributed by atoms with Crippen molar-refractivity contribution in [2.45, 2.75) is 38.5 Å². The van der Waals surface area contributed by atoms with Crippen LogP contribution >= 0.6 is 0 Å². The Kier molecular flexibility index (Phi) is 6.93. The summed E-state index contributed by atoms with van der Waals surface area (Å²) in [6, 6.07) is 3.64. The molecule has 150 valence electrons. The van der Waals surface area contributed by atoms with Gasteiger partial charge in [0.1, 0.15) is 0 Å². The number of hydrogen-bond donors (Lipinski definition) is 2. The molecule has 0 unspecified atom stereocenters. The van der Waals surface area contributed by atoms with Crippen LogP contribution in [0.5, 0.6) is 0 Å². The highest BCUT2D eigenvalue weighted by atomic mass is 16.5. The zero-order valence-electron chi connectivity index (χ0n) is 15.6. The zero-order chi connectivity index (χ0) is 20.5. The predicted octanol–water partition coefficient (Wildman–Crippen LogP) is 2.07. The molecule has 10 nitrogen and oxygen atoms in total. The van der Waals surface area contributed by atoms with Crippen molar-refractivity contribution in [3.63, 3.8) is 0 Å². The molecule has 0 atom stereocenters. The summed E-state index contributed by atoms with van der Waals surface area (Å²) in [5.74, 6) is 1.31. The number of aromatic nitrogens is 5. The summed E-state index contributed by atoms with van der Waals surface area (Å²) in [5.41, 5.74) is 3.08. The number of aryl methyl sites for hydroxylation is 3. The average molecular weight is 396 g/mol. The Hall–Kier alpha value is -3.69. The Bertz CT molecular complexity index is 960. The van der Waals surface area contributed by atoms with Gasteiger partial charge in [0.05, 0.1) is 0 Å². The monoisotopic (exact) mass is 396 g/mol. The van der Waals surface area contributed by atoms with Crippen molar-refractivity contribution in [2.75, 3.05) is 5.32 Å². The zero-order valence-corrected chi connectivity index (χ0v) is 15.6. The van der Waals surface area contributed by atoms with Crippen LogP contribution in [0.2, 0.25) is 0 Å². The first kappa shape index (κ1) is 20.1. The number of fused-ring (bicyclic) bond motifs is 1. The van der Waals surface area contributed by atoms with Gasteiger partial charge in [-0.2, -0.15) is 4.98 Å². The Morgan fingerprint density at radius 1 is 1.24 bits per heavy atom. The Balaban J connectivity index is 0.000000755. The minimum atomic E-state index is -0.250. The molecule has 0 aliphatic heterocycles. The van der Waals surface area contributed by atoms with Crippen molar-refractivity contribution in [2.24, 2.45) is 0 Å². The molecule has 0 bridgehead atoms. The summed E-state index contributed by atoms with van der Waals surface area (Å²) >= 11 is 0. The van der Waals surface area contributed by atoms with Gasteiger partial charge in [0, 0.05) is 42.7 Å². The highest BCUT2D eigenvalue weighted by Crippen LogP contribution is 2.20. The molecular formula is C19H20N6O4. The van der Waals surface area contributed by atoms with Crippen LogP contribution in [-0.4, -0.2) is 42.6 Å². The first-order chi connectivity index (χ1) is 14.2. The number of nitrogens with one attached hydrogen (secondary N) is 1. The van der Waals surface area contributed by atoms with Crippen molar-refractivity contribution in [1.29, 1.82) is 0 Å². The molecule has 0 aromatic carbocycles. The SMILES string of the molecule is O=C(CCCc1nc(-c2ccncc2)no1)Nc1ncc2c(n1)CCC2.O=CO. The second-order valence-electron chi connectivity index (χ2n) is 6.27. The van der Waals surface area contributed by atoms with Crippen molar-refractivity contribution < 1.29 is 19.2 Å². The van der Waals surface area contributed by atoms with Crippen LogP contribution in [0.1, 0.15) is 36.4 Å². The fraction of sp³-hybridized carbons (Fsp3) is 0.316. The highest BCUT2D eigenvalue weighted by Gasteiger charge is 2.15. The van der Waals surface area contributed by atoms with Gasteiger partial charge in [-0.15, -0.1) is 0 Å². The molecule has 1 aliphatic rings. The molecule has 0 saturated carbocycles. The molecule has 1 amide bonds. The third-order valence-electron chi connectivity index (χ3n) is 4.27. The van der Waals surface area contributed by atoms with Gasteiger partial charge < -0.3 is 9.63 Å². The number of pyridine rings is 1. The lowest BCUT2D eigenvalue weighted by Crippen LogP contribution is -2.14. The quantitative estimate of drug-likeness (QED) is 0.598. The lowest BCUT2D eigenvalue weighted by molar-refractivity contribution is -0.123. The number of nitrogens with zero attached hydrogens (tertiary/aromatic N) is 5. The average Bonchev–Trinajstić information content (AvgIpc) is 3.38. The van der Waals surface area contributed by atoms with E-state index in [-0.39, 0.29) is 12.4 Å². The number of hydrogen-bond acceptors (Lipinski definition) is 8. The number of rotatable bonds is 6. The van der Waals surface area contributed by atoms with Gasteiger partial charge in [0.15, 0.2) is 0 Å². The van der Waals surface area contributed by atoms with E-state index in [1.165, 1.54) is 5.56 Å². The maximum absolute atomic E-state index is 12.1. The van der Waals surface area contributed by atoms with Crippen molar-refractivity contribution >= 4 is 18.3 Å². The van der Waals surface area contributed by atoms with Crippen LogP contribution in [0.25, 0.3) is 11.4 Å². The second kappa shape index (κ2) is 10.0. The lowest BCUT2D eigenvalue weighted by Gasteiger charge is -2.04. The maximum atomic E-state index is 12.1. The first-order valence-corrected chi connectivity index (χ1v) is 9.15. The van der Waals surface area contributed by atoms with E-state index in [1.54, 1.807) is 12.4 Å². The first-order valence-electron chi connectivity index (χ1n) is 9.15.